The summed E-state index contributed by atoms with van der Waals surface area (Å²) >= 11 is 0. The van der Waals surface area contributed by atoms with Gasteiger partial charge in [0.25, 0.3) is 0 Å². The van der Waals surface area contributed by atoms with E-state index in [1.807, 2.05) is 36.4 Å². The highest BCUT2D eigenvalue weighted by atomic mass is 16.1. The lowest BCUT2D eigenvalue weighted by molar-refractivity contribution is -0.114. The number of rotatable bonds is 3. The molecule has 1 N–H and O–H groups in total. The maximum Gasteiger partial charge on any atom is 0.211 e. The molecule has 20 heavy (non-hydrogen) atoms. The molecule has 0 saturated heterocycles. The third kappa shape index (κ3) is 2.23. The smallest absolute Gasteiger partial charge is 0.211 e. The summed E-state index contributed by atoms with van der Waals surface area (Å²) in [5, 5.41) is 4.79. The highest BCUT2D eigenvalue weighted by molar-refractivity contribution is 6.06. The zero-order chi connectivity index (χ0) is 13.9. The molecule has 3 rings (SSSR count). The predicted molar refractivity (Wildman–Crippen MR) is 80.5 cm³/mol. The number of fused-ring (bicyclic) bond motifs is 1. The van der Waals surface area contributed by atoms with Crippen molar-refractivity contribution in [1.29, 1.82) is 0 Å². The number of ketones is 1. The maximum atomic E-state index is 11.6. The number of benzene rings is 2. The van der Waals surface area contributed by atoms with Crippen LogP contribution in [0.4, 0.5) is 5.69 Å². The van der Waals surface area contributed by atoms with Gasteiger partial charge < -0.3 is 5.32 Å². The number of hydrogen-bond acceptors (Lipinski definition) is 2. The summed E-state index contributed by atoms with van der Waals surface area (Å²) in [6.07, 6.45) is 4.93. The zero-order valence-corrected chi connectivity index (χ0v) is 11.1. The fourth-order valence-corrected chi connectivity index (χ4v) is 2.77. The van der Waals surface area contributed by atoms with E-state index in [9.17, 15) is 9.59 Å². The second-order valence-corrected chi connectivity index (χ2v) is 4.96. The summed E-state index contributed by atoms with van der Waals surface area (Å²) in [5.41, 5.74) is 2.97. The molecule has 2 aromatic rings. The number of anilines is 1. The van der Waals surface area contributed by atoms with Crippen LogP contribution in [0.5, 0.6) is 0 Å². The van der Waals surface area contributed by atoms with Crippen LogP contribution in [-0.4, -0.2) is 12.2 Å². The Labute approximate surface area is 117 Å². The zero-order valence-electron chi connectivity index (χ0n) is 11.1. The topological polar surface area (TPSA) is 46.2 Å². The fraction of sp³-hybridized carbons (Fsp3) is 0.176. The Morgan fingerprint density at radius 3 is 2.55 bits per heavy atom. The summed E-state index contributed by atoms with van der Waals surface area (Å²) < 4.78 is 0. The van der Waals surface area contributed by atoms with E-state index in [2.05, 4.69) is 5.32 Å². The fourth-order valence-electron chi connectivity index (χ4n) is 2.77. The molecular formula is C17H15NO2. The number of allylic oxidation sites excluding steroid dienone is 2. The molecule has 1 aliphatic rings. The largest absolute Gasteiger partial charge is 0.328 e. The molecule has 3 heteroatoms. The molecule has 0 heterocycles. The molecule has 0 atom stereocenters. The highest BCUT2D eigenvalue weighted by Gasteiger charge is 2.14. The van der Waals surface area contributed by atoms with Gasteiger partial charge in [-0.1, -0.05) is 30.3 Å². The third-order valence-electron chi connectivity index (χ3n) is 3.69. The van der Waals surface area contributed by atoms with Gasteiger partial charge in [0.2, 0.25) is 6.41 Å². The maximum absolute atomic E-state index is 11.6. The second-order valence-electron chi connectivity index (χ2n) is 4.96. The van der Waals surface area contributed by atoms with Gasteiger partial charge in [-0.3, -0.25) is 9.59 Å². The molecule has 3 nitrogen and oxygen atoms in total. The van der Waals surface area contributed by atoms with Crippen molar-refractivity contribution >= 4 is 34.2 Å². The van der Waals surface area contributed by atoms with Crippen molar-refractivity contribution in [3.05, 3.63) is 48.0 Å². The van der Waals surface area contributed by atoms with E-state index in [1.54, 1.807) is 6.08 Å². The van der Waals surface area contributed by atoms with Gasteiger partial charge in [0.15, 0.2) is 5.78 Å². The average molecular weight is 265 g/mol. The molecule has 100 valence electrons. The highest BCUT2D eigenvalue weighted by Crippen LogP contribution is 2.34. The first-order chi connectivity index (χ1) is 9.79. The molecule has 0 saturated carbocycles. The standard InChI is InChI=1S/C17H15NO2/c19-11-18-17-9-8-14(12-4-3-5-13(20)10-12)15-6-1-2-7-16(15)17/h1-2,6-11H,3-5H2,(H,18,19). The Morgan fingerprint density at radius 2 is 1.80 bits per heavy atom. The first-order valence-corrected chi connectivity index (χ1v) is 6.75. The monoisotopic (exact) mass is 265 g/mol. The van der Waals surface area contributed by atoms with Crippen LogP contribution in [0.1, 0.15) is 24.8 Å². The molecule has 0 aromatic heterocycles. The first-order valence-electron chi connectivity index (χ1n) is 6.75. The van der Waals surface area contributed by atoms with Crippen molar-refractivity contribution in [2.45, 2.75) is 19.3 Å². The lowest BCUT2D eigenvalue weighted by Gasteiger charge is -2.16. The van der Waals surface area contributed by atoms with E-state index in [4.69, 9.17) is 0 Å². The second kappa shape index (κ2) is 5.29. The van der Waals surface area contributed by atoms with E-state index in [1.165, 1.54) is 0 Å². The quantitative estimate of drug-likeness (QED) is 0.863. The number of carbonyl (C=O) groups is 2. The van der Waals surface area contributed by atoms with Crippen molar-refractivity contribution in [2.75, 3.05) is 5.32 Å². The average Bonchev–Trinajstić information content (AvgIpc) is 2.48. The van der Waals surface area contributed by atoms with Crippen LogP contribution in [0.2, 0.25) is 0 Å². The van der Waals surface area contributed by atoms with Crippen LogP contribution in [-0.2, 0) is 9.59 Å². The van der Waals surface area contributed by atoms with Crippen LogP contribution < -0.4 is 5.32 Å². The van der Waals surface area contributed by atoms with E-state index in [0.29, 0.717) is 12.8 Å². The summed E-state index contributed by atoms with van der Waals surface area (Å²) in [6.45, 7) is 0. The van der Waals surface area contributed by atoms with Crippen molar-refractivity contribution < 1.29 is 9.59 Å². The minimum atomic E-state index is 0.199. The van der Waals surface area contributed by atoms with E-state index in [0.717, 1.165) is 40.4 Å². The van der Waals surface area contributed by atoms with Gasteiger partial charge in [0.1, 0.15) is 0 Å². The SMILES string of the molecule is O=CNc1ccc(C2=CC(=O)CCC2)c2ccccc12. The van der Waals surface area contributed by atoms with Gasteiger partial charge in [0.05, 0.1) is 0 Å². The number of carbonyl (C=O) groups excluding carboxylic acids is 2. The van der Waals surface area contributed by atoms with Crippen molar-refractivity contribution in [2.24, 2.45) is 0 Å². The van der Waals surface area contributed by atoms with E-state index < -0.39 is 0 Å². The Bertz CT molecular complexity index is 716. The summed E-state index contributed by atoms with van der Waals surface area (Å²) in [5.74, 6) is 0.199. The third-order valence-corrected chi connectivity index (χ3v) is 3.69. The Morgan fingerprint density at radius 1 is 1.00 bits per heavy atom. The van der Waals surface area contributed by atoms with E-state index >= 15 is 0 Å². The lowest BCUT2D eigenvalue weighted by Crippen LogP contribution is -2.03. The molecule has 1 aliphatic carbocycles. The van der Waals surface area contributed by atoms with Gasteiger partial charge in [-0.2, -0.15) is 0 Å². The number of hydrogen-bond donors (Lipinski definition) is 1. The van der Waals surface area contributed by atoms with Gasteiger partial charge in [-0.15, -0.1) is 0 Å². The molecular weight excluding hydrogens is 250 g/mol. The van der Waals surface area contributed by atoms with Crippen LogP contribution >= 0.6 is 0 Å². The Hall–Kier alpha value is -2.42. The molecule has 0 aliphatic heterocycles. The summed E-state index contributed by atoms with van der Waals surface area (Å²) in [7, 11) is 0. The molecule has 2 aromatic carbocycles. The molecule has 0 spiro atoms. The van der Waals surface area contributed by atoms with Crippen LogP contribution in [0, 0.1) is 0 Å². The van der Waals surface area contributed by atoms with Crippen molar-refractivity contribution in [1.82, 2.24) is 0 Å². The molecule has 1 amide bonds. The van der Waals surface area contributed by atoms with Crippen molar-refractivity contribution in [3.8, 4) is 0 Å². The number of amides is 1. The Balaban J connectivity index is 2.20. The summed E-state index contributed by atoms with van der Waals surface area (Å²) in [4.78, 5) is 22.3. The van der Waals surface area contributed by atoms with Crippen LogP contribution in [0.15, 0.2) is 42.5 Å². The minimum absolute atomic E-state index is 0.199. The van der Waals surface area contributed by atoms with E-state index in [-0.39, 0.29) is 5.78 Å². The first kappa shape index (κ1) is 12.6. The van der Waals surface area contributed by atoms with Gasteiger partial charge in [0, 0.05) is 17.5 Å². The van der Waals surface area contributed by atoms with Gasteiger partial charge in [-0.25, -0.2) is 0 Å². The minimum Gasteiger partial charge on any atom is -0.328 e. The van der Waals surface area contributed by atoms with Crippen molar-refractivity contribution in [3.63, 3.8) is 0 Å². The normalized spacial score (nSPS) is 15.0. The van der Waals surface area contributed by atoms with Crippen LogP contribution in [0.25, 0.3) is 16.3 Å². The summed E-state index contributed by atoms with van der Waals surface area (Å²) in [6, 6.07) is 11.8. The lowest BCUT2D eigenvalue weighted by atomic mass is 9.89. The van der Waals surface area contributed by atoms with Gasteiger partial charge in [-0.05, 0) is 41.5 Å². The molecule has 0 unspecified atom stereocenters. The molecule has 0 radical (unpaired) electrons. The van der Waals surface area contributed by atoms with Crippen LogP contribution in [0.3, 0.4) is 0 Å². The Kier molecular flexibility index (Phi) is 3.33. The molecule has 0 fully saturated rings. The number of nitrogens with one attached hydrogen (secondary N) is 1. The van der Waals surface area contributed by atoms with Gasteiger partial charge >= 0.3 is 0 Å². The molecule has 0 bridgehead atoms. The predicted octanol–water partition coefficient (Wildman–Crippen LogP) is 3.54.